The lowest BCUT2D eigenvalue weighted by molar-refractivity contribution is 0.0655. The number of aliphatic imine (C=N–C) groups is 1. The van der Waals surface area contributed by atoms with Gasteiger partial charge in [-0.15, -0.1) is 11.3 Å². The van der Waals surface area contributed by atoms with Gasteiger partial charge in [0.2, 0.25) is 0 Å². The molecule has 3 rings (SSSR count). The second kappa shape index (κ2) is 10.2. The van der Waals surface area contributed by atoms with Crippen molar-refractivity contribution in [3.05, 3.63) is 76.5 Å². The van der Waals surface area contributed by atoms with E-state index in [1.54, 1.807) is 37.4 Å². The van der Waals surface area contributed by atoms with Crippen LogP contribution in [0.3, 0.4) is 0 Å². The molecule has 6 nitrogen and oxygen atoms in total. The van der Waals surface area contributed by atoms with E-state index in [0.717, 1.165) is 4.88 Å². The molecule has 0 amide bonds. The third kappa shape index (κ3) is 6.01. The van der Waals surface area contributed by atoms with Crippen LogP contribution >= 0.6 is 11.3 Å². The second-order valence-electron chi connectivity index (χ2n) is 6.86. The molecule has 0 fully saturated rings. The molecule has 1 aromatic carbocycles. The first-order valence-corrected chi connectivity index (χ1v) is 10.5. The van der Waals surface area contributed by atoms with Gasteiger partial charge in [0.1, 0.15) is 11.4 Å². The molecule has 3 N–H and O–H groups in total. The number of ether oxygens (including phenoxy) is 1. The molecule has 8 heteroatoms. The molecule has 0 saturated heterocycles. The SMILES string of the molecule is CCNC(=NCc1ccc(Oc2cccnc2)c(F)c1)NCC(C)(O)c1cccs1. The molecule has 0 spiro atoms. The van der Waals surface area contributed by atoms with Gasteiger partial charge in [0.15, 0.2) is 17.5 Å². The van der Waals surface area contributed by atoms with E-state index < -0.39 is 11.4 Å². The summed E-state index contributed by atoms with van der Waals surface area (Å²) in [4.78, 5) is 9.31. The molecule has 2 aromatic heterocycles. The average Bonchev–Trinajstić information content (AvgIpc) is 3.29. The van der Waals surface area contributed by atoms with Crippen molar-refractivity contribution in [1.29, 1.82) is 0 Å². The molecular weight excluding hydrogens is 403 g/mol. The zero-order valence-electron chi connectivity index (χ0n) is 16.9. The average molecular weight is 429 g/mol. The molecule has 30 heavy (non-hydrogen) atoms. The van der Waals surface area contributed by atoms with Gasteiger partial charge in [-0.1, -0.05) is 12.1 Å². The van der Waals surface area contributed by atoms with Crippen LogP contribution < -0.4 is 15.4 Å². The fourth-order valence-corrected chi connectivity index (χ4v) is 3.49. The third-order valence-corrected chi connectivity index (χ3v) is 5.40. The highest BCUT2D eigenvalue weighted by atomic mass is 32.1. The van der Waals surface area contributed by atoms with Crippen LogP contribution in [0.1, 0.15) is 24.3 Å². The van der Waals surface area contributed by atoms with Gasteiger partial charge in [0, 0.05) is 17.6 Å². The summed E-state index contributed by atoms with van der Waals surface area (Å²) in [5, 5.41) is 18.9. The number of benzene rings is 1. The highest BCUT2D eigenvalue weighted by Crippen LogP contribution is 2.25. The smallest absolute Gasteiger partial charge is 0.191 e. The van der Waals surface area contributed by atoms with E-state index in [9.17, 15) is 9.50 Å². The molecule has 2 heterocycles. The second-order valence-corrected chi connectivity index (χ2v) is 7.80. The molecule has 0 aliphatic rings. The maximum absolute atomic E-state index is 14.4. The van der Waals surface area contributed by atoms with Crippen LogP contribution in [-0.2, 0) is 12.1 Å². The Morgan fingerprint density at radius 3 is 2.80 bits per heavy atom. The number of aromatic nitrogens is 1. The van der Waals surface area contributed by atoms with Gasteiger partial charge in [-0.05, 0) is 55.1 Å². The first-order chi connectivity index (χ1) is 14.5. The molecule has 0 saturated carbocycles. The summed E-state index contributed by atoms with van der Waals surface area (Å²) in [6.45, 7) is 4.95. The molecule has 0 aliphatic heterocycles. The van der Waals surface area contributed by atoms with Crippen molar-refractivity contribution in [3.8, 4) is 11.5 Å². The first kappa shape index (κ1) is 21.7. The van der Waals surface area contributed by atoms with Crippen molar-refractivity contribution in [2.75, 3.05) is 13.1 Å². The minimum absolute atomic E-state index is 0.132. The predicted octanol–water partition coefficient (Wildman–Crippen LogP) is 4.04. The van der Waals surface area contributed by atoms with E-state index in [1.807, 2.05) is 24.4 Å². The number of hydrogen-bond donors (Lipinski definition) is 3. The quantitative estimate of drug-likeness (QED) is 0.373. The summed E-state index contributed by atoms with van der Waals surface area (Å²) in [6, 6.07) is 12.0. The van der Waals surface area contributed by atoms with Crippen LogP contribution in [0, 0.1) is 5.82 Å². The zero-order chi connectivity index (χ0) is 21.4. The van der Waals surface area contributed by atoms with Crippen molar-refractivity contribution in [2.24, 2.45) is 4.99 Å². The van der Waals surface area contributed by atoms with Crippen LogP contribution in [-0.4, -0.2) is 29.1 Å². The molecule has 0 aliphatic carbocycles. The highest BCUT2D eigenvalue weighted by molar-refractivity contribution is 7.10. The molecule has 158 valence electrons. The zero-order valence-corrected chi connectivity index (χ0v) is 17.7. The lowest BCUT2D eigenvalue weighted by atomic mass is 10.1. The van der Waals surface area contributed by atoms with Gasteiger partial charge in [-0.25, -0.2) is 9.38 Å². The van der Waals surface area contributed by atoms with Gasteiger partial charge in [-0.3, -0.25) is 4.98 Å². The number of halogens is 1. The van der Waals surface area contributed by atoms with Crippen LogP contribution in [0.4, 0.5) is 4.39 Å². The minimum Gasteiger partial charge on any atom is -0.453 e. The summed E-state index contributed by atoms with van der Waals surface area (Å²) >= 11 is 1.50. The molecule has 0 radical (unpaired) electrons. The van der Waals surface area contributed by atoms with Crippen LogP contribution in [0.5, 0.6) is 11.5 Å². The Balaban J connectivity index is 1.63. The summed E-state index contributed by atoms with van der Waals surface area (Å²) < 4.78 is 19.9. The highest BCUT2D eigenvalue weighted by Gasteiger charge is 2.24. The number of rotatable bonds is 8. The molecule has 0 bridgehead atoms. The topological polar surface area (TPSA) is 78.8 Å². The van der Waals surface area contributed by atoms with Crippen molar-refractivity contribution in [2.45, 2.75) is 26.0 Å². The Bertz CT molecular complexity index is 963. The monoisotopic (exact) mass is 428 g/mol. The Kier molecular flexibility index (Phi) is 7.37. The number of nitrogens with zero attached hydrogens (tertiary/aromatic N) is 2. The maximum atomic E-state index is 14.4. The van der Waals surface area contributed by atoms with Gasteiger partial charge in [0.25, 0.3) is 0 Å². The summed E-state index contributed by atoms with van der Waals surface area (Å²) in [6.07, 6.45) is 3.15. The Hall–Kier alpha value is -2.97. The van der Waals surface area contributed by atoms with E-state index in [0.29, 0.717) is 30.4 Å². The molecule has 3 aromatic rings. The number of guanidine groups is 1. The molecule has 1 atom stereocenters. The van der Waals surface area contributed by atoms with Crippen LogP contribution in [0.2, 0.25) is 0 Å². The molecule has 1 unspecified atom stereocenters. The van der Waals surface area contributed by atoms with Crippen LogP contribution in [0.25, 0.3) is 0 Å². The third-order valence-electron chi connectivity index (χ3n) is 4.27. The standard InChI is InChI=1S/C22H25FN4O2S/c1-3-25-21(27-15-22(2,28)20-7-5-11-30-20)26-13-16-8-9-19(18(23)12-16)29-17-6-4-10-24-14-17/h4-12,14,28H,3,13,15H2,1-2H3,(H2,25,26,27). The Morgan fingerprint density at radius 1 is 1.27 bits per heavy atom. The minimum atomic E-state index is -1.01. The number of thiophene rings is 1. The fraction of sp³-hybridized carbons (Fsp3) is 0.273. The van der Waals surface area contributed by atoms with Crippen LogP contribution in [0.15, 0.2) is 65.2 Å². The van der Waals surface area contributed by atoms with Gasteiger partial charge in [0.05, 0.1) is 19.3 Å². The van der Waals surface area contributed by atoms with E-state index in [1.165, 1.54) is 23.6 Å². The lowest BCUT2D eigenvalue weighted by Crippen LogP contribution is -2.44. The predicted molar refractivity (Wildman–Crippen MR) is 117 cm³/mol. The van der Waals surface area contributed by atoms with Crippen molar-refractivity contribution in [1.82, 2.24) is 15.6 Å². The summed E-state index contributed by atoms with van der Waals surface area (Å²) in [5.74, 6) is 0.682. The Labute approximate surface area is 179 Å². The Morgan fingerprint density at radius 2 is 2.13 bits per heavy atom. The van der Waals surface area contributed by atoms with Crippen molar-refractivity contribution < 1.29 is 14.2 Å². The number of hydrogen-bond acceptors (Lipinski definition) is 5. The number of nitrogens with one attached hydrogen (secondary N) is 2. The van der Waals surface area contributed by atoms with Gasteiger partial charge < -0.3 is 20.5 Å². The normalized spacial score (nSPS) is 13.5. The number of pyridine rings is 1. The maximum Gasteiger partial charge on any atom is 0.191 e. The summed E-state index contributed by atoms with van der Waals surface area (Å²) in [5.41, 5.74) is -0.310. The van der Waals surface area contributed by atoms with E-state index in [4.69, 9.17) is 4.74 Å². The lowest BCUT2D eigenvalue weighted by Gasteiger charge is -2.23. The van der Waals surface area contributed by atoms with Gasteiger partial charge in [-0.2, -0.15) is 0 Å². The number of aliphatic hydroxyl groups is 1. The molecular formula is C22H25FN4O2S. The van der Waals surface area contributed by atoms with E-state index in [-0.39, 0.29) is 12.3 Å². The van der Waals surface area contributed by atoms with E-state index >= 15 is 0 Å². The van der Waals surface area contributed by atoms with Crippen molar-refractivity contribution in [3.63, 3.8) is 0 Å². The fourth-order valence-electron chi connectivity index (χ4n) is 2.70. The largest absolute Gasteiger partial charge is 0.453 e. The first-order valence-electron chi connectivity index (χ1n) is 9.63. The summed E-state index contributed by atoms with van der Waals surface area (Å²) in [7, 11) is 0. The van der Waals surface area contributed by atoms with E-state index in [2.05, 4.69) is 20.6 Å². The van der Waals surface area contributed by atoms with Gasteiger partial charge >= 0.3 is 0 Å². The van der Waals surface area contributed by atoms with Crippen molar-refractivity contribution >= 4 is 17.3 Å².